The van der Waals surface area contributed by atoms with Gasteiger partial charge in [0, 0.05) is 5.56 Å². The fourth-order valence-corrected chi connectivity index (χ4v) is 3.19. The summed E-state index contributed by atoms with van der Waals surface area (Å²) in [6, 6.07) is 16.8. The number of rotatable bonds is 7. The van der Waals surface area contributed by atoms with Crippen molar-refractivity contribution in [3.63, 3.8) is 0 Å². The Balaban J connectivity index is 1.49. The molecule has 2 N–H and O–H groups in total. The van der Waals surface area contributed by atoms with Crippen molar-refractivity contribution in [2.45, 2.75) is 26.2 Å². The number of benzene rings is 2. The lowest BCUT2D eigenvalue weighted by molar-refractivity contribution is -0.120. The number of carbonyl (C=O) groups is 2. The number of anilines is 1. The van der Waals surface area contributed by atoms with Gasteiger partial charge in [0.15, 0.2) is 0 Å². The summed E-state index contributed by atoms with van der Waals surface area (Å²) in [6.07, 6.45) is 1.62. The van der Waals surface area contributed by atoms with E-state index in [1.807, 2.05) is 30.3 Å². The average Bonchev–Trinajstić information content (AvgIpc) is 3.15. The van der Waals surface area contributed by atoms with Gasteiger partial charge in [0.05, 0.1) is 12.6 Å². The second kappa shape index (κ2) is 9.70. The number of aromatic nitrogens is 2. The molecule has 3 aromatic rings. The molecular weight excluding hydrogens is 386 g/mol. The van der Waals surface area contributed by atoms with Crippen LogP contribution in [0.5, 0.6) is 0 Å². The van der Waals surface area contributed by atoms with Gasteiger partial charge < -0.3 is 0 Å². The summed E-state index contributed by atoms with van der Waals surface area (Å²) in [7, 11) is 0. The van der Waals surface area contributed by atoms with Crippen molar-refractivity contribution in [3.8, 4) is 0 Å². The highest BCUT2D eigenvalue weighted by molar-refractivity contribution is 7.15. The molecule has 0 bridgehead atoms. The Labute approximate surface area is 172 Å². The van der Waals surface area contributed by atoms with Gasteiger partial charge in [-0.3, -0.25) is 14.9 Å². The van der Waals surface area contributed by atoms with E-state index in [4.69, 9.17) is 0 Å². The molecule has 0 aliphatic rings. The van der Waals surface area contributed by atoms with Crippen molar-refractivity contribution < 1.29 is 9.59 Å². The molecule has 2 aromatic carbocycles. The Morgan fingerprint density at radius 2 is 1.79 bits per heavy atom. The maximum Gasteiger partial charge on any atom is 0.257 e. The zero-order valence-electron chi connectivity index (χ0n) is 16.1. The molecule has 1 heterocycles. The molecule has 2 amide bonds. The van der Waals surface area contributed by atoms with Gasteiger partial charge in [-0.1, -0.05) is 67.6 Å². The molecular formula is C21H21N5O2S. The second-order valence-corrected chi connectivity index (χ2v) is 7.67. The minimum atomic E-state index is -0.308. The Bertz CT molecular complexity index is 997. The lowest BCUT2D eigenvalue weighted by Crippen LogP contribution is -2.19. The van der Waals surface area contributed by atoms with E-state index in [-0.39, 0.29) is 18.2 Å². The summed E-state index contributed by atoms with van der Waals surface area (Å²) >= 11 is 1.15. The van der Waals surface area contributed by atoms with Crippen molar-refractivity contribution in [3.05, 3.63) is 76.3 Å². The summed E-state index contributed by atoms with van der Waals surface area (Å²) in [6.45, 7) is 4.27. The van der Waals surface area contributed by atoms with Gasteiger partial charge in [-0.15, -0.1) is 10.2 Å². The van der Waals surface area contributed by atoms with Crippen LogP contribution in [-0.4, -0.2) is 28.2 Å². The van der Waals surface area contributed by atoms with E-state index in [2.05, 4.69) is 39.9 Å². The van der Waals surface area contributed by atoms with Crippen LogP contribution in [0.1, 0.15) is 46.3 Å². The molecule has 0 unspecified atom stereocenters. The average molecular weight is 407 g/mol. The van der Waals surface area contributed by atoms with E-state index in [1.54, 1.807) is 30.5 Å². The molecule has 7 nitrogen and oxygen atoms in total. The first-order valence-corrected chi connectivity index (χ1v) is 9.93. The molecule has 0 saturated heterocycles. The molecule has 8 heteroatoms. The van der Waals surface area contributed by atoms with Crippen molar-refractivity contribution in [1.82, 2.24) is 15.6 Å². The first-order chi connectivity index (χ1) is 14.0. The Kier molecular flexibility index (Phi) is 6.80. The SMILES string of the molecule is CC(C)c1ccc(C=NNC(=O)Cc2nnc(NC(=O)c3ccccc3)s2)cc1. The van der Waals surface area contributed by atoms with Crippen molar-refractivity contribution in [2.75, 3.05) is 5.32 Å². The fraction of sp³-hybridized carbons (Fsp3) is 0.190. The fourth-order valence-electron chi connectivity index (χ4n) is 2.46. The number of hydrogen-bond donors (Lipinski definition) is 2. The van der Waals surface area contributed by atoms with E-state index >= 15 is 0 Å². The minimum Gasteiger partial charge on any atom is -0.296 e. The van der Waals surface area contributed by atoms with Gasteiger partial charge in [-0.05, 0) is 29.2 Å². The predicted molar refractivity (Wildman–Crippen MR) is 114 cm³/mol. The van der Waals surface area contributed by atoms with Crippen LogP contribution in [-0.2, 0) is 11.2 Å². The van der Waals surface area contributed by atoms with E-state index < -0.39 is 0 Å². The topological polar surface area (TPSA) is 96.3 Å². The number of nitrogens with one attached hydrogen (secondary N) is 2. The van der Waals surface area contributed by atoms with Gasteiger partial charge in [0.25, 0.3) is 5.91 Å². The van der Waals surface area contributed by atoms with Crippen LogP contribution in [0.3, 0.4) is 0 Å². The van der Waals surface area contributed by atoms with Gasteiger partial charge in [-0.2, -0.15) is 5.10 Å². The zero-order valence-corrected chi connectivity index (χ0v) is 16.9. The number of nitrogens with zero attached hydrogens (tertiary/aromatic N) is 3. The van der Waals surface area contributed by atoms with E-state index in [0.717, 1.165) is 16.9 Å². The minimum absolute atomic E-state index is 0.0303. The molecule has 0 fully saturated rings. The molecule has 0 atom stereocenters. The summed E-state index contributed by atoms with van der Waals surface area (Å²) in [5, 5.41) is 15.3. The van der Waals surface area contributed by atoms with E-state index in [1.165, 1.54) is 5.56 Å². The highest BCUT2D eigenvalue weighted by atomic mass is 32.1. The number of hydrogen-bond acceptors (Lipinski definition) is 6. The van der Waals surface area contributed by atoms with Crippen LogP contribution < -0.4 is 10.7 Å². The third-order valence-electron chi connectivity index (χ3n) is 4.04. The summed E-state index contributed by atoms with van der Waals surface area (Å²) < 4.78 is 0. The molecule has 1 aromatic heterocycles. The van der Waals surface area contributed by atoms with Crippen LogP contribution in [0.2, 0.25) is 0 Å². The molecule has 0 aliphatic carbocycles. The Morgan fingerprint density at radius 1 is 1.07 bits per heavy atom. The van der Waals surface area contributed by atoms with Crippen molar-refractivity contribution in [2.24, 2.45) is 5.10 Å². The third-order valence-corrected chi connectivity index (χ3v) is 4.88. The highest BCUT2D eigenvalue weighted by Crippen LogP contribution is 2.17. The van der Waals surface area contributed by atoms with Crippen molar-refractivity contribution in [1.29, 1.82) is 0 Å². The lowest BCUT2D eigenvalue weighted by Gasteiger charge is -2.04. The summed E-state index contributed by atoms with van der Waals surface area (Å²) in [4.78, 5) is 24.1. The lowest BCUT2D eigenvalue weighted by atomic mass is 10.0. The predicted octanol–water partition coefficient (Wildman–Crippen LogP) is 3.61. The molecule has 29 heavy (non-hydrogen) atoms. The quantitative estimate of drug-likeness (QED) is 0.462. The van der Waals surface area contributed by atoms with Crippen LogP contribution >= 0.6 is 11.3 Å². The van der Waals surface area contributed by atoms with Crippen molar-refractivity contribution >= 4 is 34.5 Å². The molecule has 0 radical (unpaired) electrons. The number of carbonyl (C=O) groups excluding carboxylic acids is 2. The maximum atomic E-state index is 12.1. The largest absolute Gasteiger partial charge is 0.296 e. The van der Waals surface area contributed by atoms with Gasteiger partial charge in [0.2, 0.25) is 11.0 Å². The third kappa shape index (κ3) is 6.05. The Morgan fingerprint density at radius 3 is 2.48 bits per heavy atom. The van der Waals surface area contributed by atoms with Gasteiger partial charge in [-0.25, -0.2) is 5.43 Å². The smallest absolute Gasteiger partial charge is 0.257 e. The maximum absolute atomic E-state index is 12.1. The second-order valence-electron chi connectivity index (χ2n) is 6.61. The highest BCUT2D eigenvalue weighted by Gasteiger charge is 2.12. The first-order valence-electron chi connectivity index (χ1n) is 9.12. The summed E-state index contributed by atoms with van der Waals surface area (Å²) in [5.41, 5.74) is 5.15. The standard InChI is InChI=1S/C21H21N5O2S/c1-14(2)16-10-8-15(9-11-16)13-22-24-18(27)12-19-25-26-21(29-19)23-20(28)17-6-4-3-5-7-17/h3-11,13-14H,12H2,1-2H3,(H,24,27)(H,23,26,28). The molecule has 148 valence electrons. The Hall–Kier alpha value is -3.39. The van der Waals surface area contributed by atoms with Gasteiger partial charge in [0.1, 0.15) is 5.01 Å². The molecule has 0 saturated carbocycles. The van der Waals surface area contributed by atoms with E-state index in [9.17, 15) is 9.59 Å². The summed E-state index contributed by atoms with van der Waals surface area (Å²) in [5.74, 6) is -0.113. The van der Waals surface area contributed by atoms with E-state index in [0.29, 0.717) is 21.6 Å². The molecule has 0 aliphatic heterocycles. The normalized spacial score (nSPS) is 11.0. The number of hydrazone groups is 1. The van der Waals surface area contributed by atoms with Crippen LogP contribution in [0.25, 0.3) is 0 Å². The first kappa shape index (κ1) is 20.3. The number of amides is 2. The molecule has 0 spiro atoms. The van der Waals surface area contributed by atoms with Gasteiger partial charge >= 0.3 is 0 Å². The van der Waals surface area contributed by atoms with Crippen LogP contribution in [0.4, 0.5) is 5.13 Å². The molecule has 3 rings (SSSR count). The monoisotopic (exact) mass is 407 g/mol. The van der Waals surface area contributed by atoms with Crippen LogP contribution in [0, 0.1) is 0 Å². The van der Waals surface area contributed by atoms with Crippen LogP contribution in [0.15, 0.2) is 59.7 Å². The zero-order chi connectivity index (χ0) is 20.6.